The summed E-state index contributed by atoms with van der Waals surface area (Å²) in [4.78, 5) is 27.8. The molecule has 4 rings (SSSR count). The fraction of sp³-hybridized carbons (Fsp3) is 0.562. The van der Waals surface area contributed by atoms with E-state index in [1.807, 2.05) is 37.3 Å². The van der Waals surface area contributed by atoms with Gasteiger partial charge in [-0.05, 0) is 86.8 Å². The minimum Gasteiger partial charge on any atom is -0.480 e. The Morgan fingerprint density at radius 3 is 2.38 bits per heavy atom. The zero-order valence-electron chi connectivity index (χ0n) is 24.0. The van der Waals surface area contributed by atoms with E-state index in [4.69, 9.17) is 4.55 Å². The highest BCUT2D eigenvalue weighted by molar-refractivity contribution is 7.79. The van der Waals surface area contributed by atoms with E-state index in [1.165, 1.54) is 51.4 Å². The maximum atomic E-state index is 13.4. The Morgan fingerprint density at radius 2 is 1.75 bits per heavy atom. The predicted octanol–water partition coefficient (Wildman–Crippen LogP) is 6.17. The van der Waals surface area contributed by atoms with Crippen LogP contribution in [-0.4, -0.2) is 54.0 Å². The third-order valence-electron chi connectivity index (χ3n) is 8.58. The van der Waals surface area contributed by atoms with Crippen molar-refractivity contribution in [2.75, 3.05) is 5.75 Å². The van der Waals surface area contributed by atoms with Crippen molar-refractivity contribution in [2.45, 2.75) is 103 Å². The number of aliphatic carboxylic acids is 1. The molecule has 0 aromatic heterocycles. The van der Waals surface area contributed by atoms with E-state index in [1.54, 1.807) is 6.07 Å². The Morgan fingerprint density at radius 1 is 1.05 bits per heavy atom. The van der Waals surface area contributed by atoms with Crippen LogP contribution in [0.4, 0.5) is 0 Å². The fourth-order valence-electron chi connectivity index (χ4n) is 6.33. The number of hydrogen-bond donors (Lipinski definition) is 3. The first-order chi connectivity index (χ1) is 19.0. The van der Waals surface area contributed by atoms with Gasteiger partial charge in [0.25, 0.3) is 5.91 Å². The summed E-state index contributed by atoms with van der Waals surface area (Å²) in [5, 5.41) is 12.2. The number of carbonyl (C=O) groups is 2. The molecule has 3 N–H and O–H groups in total. The van der Waals surface area contributed by atoms with Gasteiger partial charge in [-0.15, -0.1) is 0 Å². The minimum atomic E-state index is -2.14. The van der Waals surface area contributed by atoms with E-state index in [2.05, 4.69) is 30.1 Å². The van der Waals surface area contributed by atoms with Gasteiger partial charge in [-0.25, -0.2) is 9.00 Å². The van der Waals surface area contributed by atoms with Crippen LogP contribution in [0.5, 0.6) is 0 Å². The first kappa shape index (κ1) is 30.4. The standard InChI is InChI=1S/C32H44N2O5S/c1-22-9-7-8-12-26(22)28-19-24(13-16-27(28)30(35)33-29(31(36)37)17-18-40(38)39)21-34(25-14-15-25)32(2,3)20-23-10-5-4-6-11-23/h7-9,12-13,16,19,23,25,29H,4-6,10-11,14-15,17-18,20-21H2,1-3H3,(H,33,35)(H,36,37)(H,38,39). The maximum absolute atomic E-state index is 13.4. The zero-order valence-corrected chi connectivity index (χ0v) is 24.8. The molecule has 2 atom stereocenters. The number of carboxylic acid groups (broad SMARTS) is 1. The lowest BCUT2D eigenvalue weighted by atomic mass is 9.80. The van der Waals surface area contributed by atoms with Crippen LogP contribution in [-0.2, 0) is 22.4 Å². The van der Waals surface area contributed by atoms with Crippen molar-refractivity contribution < 1.29 is 23.5 Å². The van der Waals surface area contributed by atoms with Gasteiger partial charge in [0.05, 0.1) is 5.75 Å². The molecule has 8 heteroatoms. The molecular formula is C32H44N2O5S. The van der Waals surface area contributed by atoms with Crippen molar-refractivity contribution in [3.8, 4) is 11.1 Å². The molecule has 0 saturated heterocycles. The van der Waals surface area contributed by atoms with Gasteiger partial charge in [-0.3, -0.25) is 9.69 Å². The van der Waals surface area contributed by atoms with E-state index in [0.29, 0.717) is 11.6 Å². The number of amides is 1. The predicted molar refractivity (Wildman–Crippen MR) is 160 cm³/mol. The van der Waals surface area contributed by atoms with E-state index >= 15 is 0 Å². The second-order valence-corrected chi connectivity index (χ2v) is 13.3. The molecule has 0 bridgehead atoms. The Kier molecular flexibility index (Phi) is 10.2. The Labute approximate surface area is 241 Å². The average molecular weight is 569 g/mol. The van der Waals surface area contributed by atoms with Gasteiger partial charge in [-0.2, -0.15) is 0 Å². The van der Waals surface area contributed by atoms with Crippen molar-refractivity contribution in [3.63, 3.8) is 0 Å². The number of carboxylic acids is 1. The monoisotopic (exact) mass is 568 g/mol. The number of benzene rings is 2. The van der Waals surface area contributed by atoms with Crippen LogP contribution in [0, 0.1) is 12.8 Å². The van der Waals surface area contributed by atoms with Crippen molar-refractivity contribution >= 4 is 23.0 Å². The van der Waals surface area contributed by atoms with Gasteiger partial charge >= 0.3 is 5.97 Å². The molecule has 2 aliphatic rings. The van der Waals surface area contributed by atoms with Crippen molar-refractivity contribution in [1.82, 2.24) is 10.2 Å². The topological polar surface area (TPSA) is 107 Å². The first-order valence-electron chi connectivity index (χ1n) is 14.6. The summed E-state index contributed by atoms with van der Waals surface area (Å²) in [5.41, 5.74) is 4.32. The summed E-state index contributed by atoms with van der Waals surface area (Å²) in [6.45, 7) is 7.57. The van der Waals surface area contributed by atoms with E-state index in [-0.39, 0.29) is 17.7 Å². The number of hydrogen-bond acceptors (Lipinski definition) is 4. The fourth-order valence-corrected chi connectivity index (χ4v) is 6.77. The average Bonchev–Trinajstić information content (AvgIpc) is 3.75. The molecule has 0 heterocycles. The molecule has 2 aromatic rings. The SMILES string of the molecule is Cc1ccccc1-c1cc(CN(C2CC2)C(C)(C)CC2CCCCC2)ccc1C(=O)NC(CCS(=O)O)C(=O)O. The molecule has 2 unspecified atom stereocenters. The van der Waals surface area contributed by atoms with Gasteiger partial charge in [0.1, 0.15) is 6.04 Å². The number of aryl methyl sites for hydroxylation is 1. The van der Waals surface area contributed by atoms with Crippen LogP contribution in [0.1, 0.15) is 93.1 Å². The summed E-state index contributed by atoms with van der Waals surface area (Å²) in [7, 11) is 0. The zero-order chi connectivity index (χ0) is 28.9. The summed E-state index contributed by atoms with van der Waals surface area (Å²) >= 11 is -2.14. The van der Waals surface area contributed by atoms with E-state index in [0.717, 1.165) is 34.7 Å². The van der Waals surface area contributed by atoms with E-state index in [9.17, 15) is 18.9 Å². The third-order valence-corrected chi connectivity index (χ3v) is 9.16. The molecule has 1 amide bonds. The number of carbonyl (C=O) groups excluding carboxylic acids is 1. The largest absolute Gasteiger partial charge is 0.480 e. The van der Waals surface area contributed by atoms with Gasteiger partial charge in [0.15, 0.2) is 11.1 Å². The summed E-state index contributed by atoms with van der Waals surface area (Å²) in [6.07, 6.45) is 10.2. The van der Waals surface area contributed by atoms with Crippen molar-refractivity contribution in [3.05, 3.63) is 59.2 Å². The normalized spacial score (nSPS) is 17.9. The van der Waals surface area contributed by atoms with Gasteiger partial charge < -0.3 is 15.0 Å². The van der Waals surface area contributed by atoms with Crippen LogP contribution in [0.15, 0.2) is 42.5 Å². The van der Waals surface area contributed by atoms with Crippen LogP contribution >= 0.6 is 0 Å². The van der Waals surface area contributed by atoms with Crippen molar-refractivity contribution in [1.29, 1.82) is 0 Å². The molecule has 2 aromatic carbocycles. The van der Waals surface area contributed by atoms with Crippen LogP contribution in [0.2, 0.25) is 0 Å². The van der Waals surface area contributed by atoms with Crippen molar-refractivity contribution in [2.24, 2.45) is 5.92 Å². The third kappa shape index (κ3) is 8.02. The Balaban J connectivity index is 1.62. The molecule has 2 aliphatic carbocycles. The molecule has 2 saturated carbocycles. The number of rotatable bonds is 13. The highest BCUT2D eigenvalue weighted by atomic mass is 32.2. The highest BCUT2D eigenvalue weighted by Crippen LogP contribution is 2.40. The quantitative estimate of drug-likeness (QED) is 0.250. The summed E-state index contributed by atoms with van der Waals surface area (Å²) in [5.74, 6) is -1.18. The highest BCUT2D eigenvalue weighted by Gasteiger charge is 2.39. The lowest BCUT2D eigenvalue weighted by Crippen LogP contribution is -2.46. The molecule has 2 fully saturated rings. The van der Waals surface area contributed by atoms with Crippen LogP contribution < -0.4 is 5.32 Å². The van der Waals surface area contributed by atoms with E-state index < -0.39 is 29.0 Å². The molecule has 218 valence electrons. The molecule has 0 radical (unpaired) electrons. The number of nitrogens with zero attached hydrogens (tertiary/aromatic N) is 1. The molecule has 0 spiro atoms. The van der Waals surface area contributed by atoms with Gasteiger partial charge in [0.2, 0.25) is 0 Å². The summed E-state index contributed by atoms with van der Waals surface area (Å²) < 4.78 is 20.2. The smallest absolute Gasteiger partial charge is 0.326 e. The molecule has 7 nitrogen and oxygen atoms in total. The van der Waals surface area contributed by atoms with Crippen LogP contribution in [0.25, 0.3) is 11.1 Å². The molecule has 0 aliphatic heterocycles. The second-order valence-electron chi connectivity index (χ2n) is 12.3. The van der Waals surface area contributed by atoms with Crippen LogP contribution in [0.3, 0.4) is 0 Å². The molecular weight excluding hydrogens is 524 g/mol. The maximum Gasteiger partial charge on any atom is 0.326 e. The van der Waals surface area contributed by atoms with Gasteiger partial charge in [-0.1, -0.05) is 62.4 Å². The summed E-state index contributed by atoms with van der Waals surface area (Å²) in [6, 6.07) is 13.1. The lowest BCUT2D eigenvalue weighted by Gasteiger charge is -2.42. The van der Waals surface area contributed by atoms with Gasteiger partial charge in [0, 0.05) is 23.7 Å². The Hall–Kier alpha value is -2.55. The first-order valence-corrected chi connectivity index (χ1v) is 15.9. The number of nitrogens with one attached hydrogen (secondary N) is 1. The second kappa shape index (κ2) is 13.4. The molecule has 40 heavy (non-hydrogen) atoms. The Bertz CT molecular complexity index is 1220. The minimum absolute atomic E-state index is 0.0730. The lowest BCUT2D eigenvalue weighted by molar-refractivity contribution is -0.139.